The van der Waals surface area contributed by atoms with Crippen molar-refractivity contribution in [2.45, 2.75) is 0 Å². The third-order valence-electron chi connectivity index (χ3n) is 2.92. The molecule has 1 aromatic heterocycles. The first-order chi connectivity index (χ1) is 8.75. The minimum Gasteiger partial charge on any atom is -0.360 e. The topological polar surface area (TPSA) is 32.9 Å². The van der Waals surface area contributed by atoms with E-state index in [1.807, 2.05) is 48.5 Å². The Hall–Kier alpha value is -1.87. The summed E-state index contributed by atoms with van der Waals surface area (Å²) in [7, 11) is 0. The van der Waals surface area contributed by atoms with E-state index in [-0.39, 0.29) is 5.43 Å². The van der Waals surface area contributed by atoms with E-state index >= 15 is 0 Å². The lowest BCUT2D eigenvalue weighted by Crippen LogP contribution is -2.06. The predicted molar refractivity (Wildman–Crippen MR) is 77.7 cm³/mol. The molecule has 0 radical (unpaired) electrons. The molecular weight excluding hydrogens is 290 g/mol. The van der Waals surface area contributed by atoms with Crippen LogP contribution in [0.5, 0.6) is 0 Å². The largest absolute Gasteiger partial charge is 0.360 e. The van der Waals surface area contributed by atoms with Crippen LogP contribution in [0.2, 0.25) is 0 Å². The SMILES string of the molecule is O=c1c(-c2cccc(Br)c2)c[nH]c2ccccc12. The molecule has 1 N–H and O–H groups in total. The predicted octanol–water partition coefficient (Wildman–Crippen LogP) is 3.96. The van der Waals surface area contributed by atoms with Gasteiger partial charge in [0.1, 0.15) is 0 Å². The molecule has 0 amide bonds. The van der Waals surface area contributed by atoms with Crippen LogP contribution >= 0.6 is 15.9 Å². The number of rotatable bonds is 1. The van der Waals surface area contributed by atoms with Crippen molar-refractivity contribution in [2.24, 2.45) is 0 Å². The summed E-state index contributed by atoms with van der Waals surface area (Å²) >= 11 is 3.42. The van der Waals surface area contributed by atoms with Gasteiger partial charge in [0.25, 0.3) is 0 Å². The standard InChI is InChI=1S/C15H10BrNO/c16-11-5-3-4-10(8-11)13-9-17-14-7-2-1-6-12(14)15(13)18/h1-9H,(H,17,18). The highest BCUT2D eigenvalue weighted by molar-refractivity contribution is 9.10. The fourth-order valence-corrected chi connectivity index (χ4v) is 2.44. The molecule has 0 aliphatic rings. The molecular formula is C15H10BrNO. The molecule has 2 aromatic carbocycles. The highest BCUT2D eigenvalue weighted by Gasteiger charge is 2.06. The molecule has 88 valence electrons. The average molecular weight is 300 g/mol. The number of benzene rings is 2. The third-order valence-corrected chi connectivity index (χ3v) is 3.42. The van der Waals surface area contributed by atoms with E-state index < -0.39 is 0 Å². The summed E-state index contributed by atoms with van der Waals surface area (Å²) in [4.78, 5) is 15.6. The smallest absolute Gasteiger partial charge is 0.197 e. The molecule has 0 spiro atoms. The molecule has 3 aromatic rings. The molecule has 1 heterocycles. The summed E-state index contributed by atoms with van der Waals surface area (Å²) in [6, 6.07) is 15.3. The Morgan fingerprint density at radius 3 is 2.67 bits per heavy atom. The first-order valence-electron chi connectivity index (χ1n) is 5.62. The number of aromatic nitrogens is 1. The number of para-hydroxylation sites is 1. The number of H-pyrrole nitrogens is 1. The molecule has 18 heavy (non-hydrogen) atoms. The molecule has 0 fully saturated rings. The monoisotopic (exact) mass is 299 g/mol. The van der Waals surface area contributed by atoms with Gasteiger partial charge in [-0.3, -0.25) is 4.79 Å². The lowest BCUT2D eigenvalue weighted by atomic mass is 10.1. The van der Waals surface area contributed by atoms with E-state index in [4.69, 9.17) is 0 Å². The zero-order chi connectivity index (χ0) is 12.5. The second kappa shape index (κ2) is 4.42. The Bertz CT molecular complexity index is 777. The third kappa shape index (κ3) is 1.87. The van der Waals surface area contributed by atoms with Crippen molar-refractivity contribution in [1.82, 2.24) is 4.98 Å². The molecule has 0 saturated heterocycles. The van der Waals surface area contributed by atoms with Crippen LogP contribution in [0.1, 0.15) is 0 Å². The average Bonchev–Trinajstić information content (AvgIpc) is 2.39. The molecule has 3 heteroatoms. The maximum atomic E-state index is 12.4. The van der Waals surface area contributed by atoms with Crippen molar-refractivity contribution >= 4 is 26.8 Å². The van der Waals surface area contributed by atoms with E-state index in [0.29, 0.717) is 5.56 Å². The van der Waals surface area contributed by atoms with Gasteiger partial charge in [-0.25, -0.2) is 0 Å². The summed E-state index contributed by atoms with van der Waals surface area (Å²) in [6.07, 6.45) is 1.77. The number of hydrogen-bond donors (Lipinski definition) is 1. The number of halogens is 1. The zero-order valence-corrected chi connectivity index (χ0v) is 11.1. The molecule has 0 aliphatic carbocycles. The normalized spacial score (nSPS) is 10.7. The van der Waals surface area contributed by atoms with Gasteiger partial charge in [0.2, 0.25) is 0 Å². The van der Waals surface area contributed by atoms with Crippen LogP contribution in [0.4, 0.5) is 0 Å². The molecule has 0 bridgehead atoms. The van der Waals surface area contributed by atoms with Gasteiger partial charge >= 0.3 is 0 Å². The summed E-state index contributed by atoms with van der Waals surface area (Å²) in [5.41, 5.74) is 2.52. The van der Waals surface area contributed by atoms with E-state index in [2.05, 4.69) is 20.9 Å². The Morgan fingerprint density at radius 1 is 1.00 bits per heavy atom. The van der Waals surface area contributed by atoms with Gasteiger partial charge in [-0.15, -0.1) is 0 Å². The number of pyridine rings is 1. The van der Waals surface area contributed by atoms with Crippen LogP contribution in [-0.2, 0) is 0 Å². The minimum atomic E-state index is 0.0578. The van der Waals surface area contributed by atoms with Crippen molar-refractivity contribution < 1.29 is 0 Å². The van der Waals surface area contributed by atoms with E-state index in [1.165, 1.54) is 0 Å². The molecule has 3 rings (SSSR count). The van der Waals surface area contributed by atoms with E-state index in [0.717, 1.165) is 20.9 Å². The molecule has 0 saturated carbocycles. The first kappa shape index (κ1) is 11.2. The van der Waals surface area contributed by atoms with Crippen molar-refractivity contribution in [3.63, 3.8) is 0 Å². The van der Waals surface area contributed by atoms with E-state index in [9.17, 15) is 4.79 Å². The van der Waals surface area contributed by atoms with Gasteiger partial charge in [0.15, 0.2) is 5.43 Å². The van der Waals surface area contributed by atoms with Crippen LogP contribution < -0.4 is 5.43 Å². The van der Waals surface area contributed by atoms with Crippen LogP contribution in [0.3, 0.4) is 0 Å². The number of fused-ring (bicyclic) bond motifs is 1. The van der Waals surface area contributed by atoms with Gasteiger partial charge in [0, 0.05) is 27.1 Å². The van der Waals surface area contributed by atoms with Gasteiger partial charge in [0.05, 0.1) is 0 Å². The summed E-state index contributed by atoms with van der Waals surface area (Å²) in [6.45, 7) is 0. The van der Waals surface area contributed by atoms with Crippen LogP contribution in [0, 0.1) is 0 Å². The number of nitrogens with one attached hydrogen (secondary N) is 1. The number of aromatic amines is 1. The Labute approximate surface area is 112 Å². The Balaban J connectivity index is 2.31. The van der Waals surface area contributed by atoms with Crippen molar-refractivity contribution in [3.8, 4) is 11.1 Å². The van der Waals surface area contributed by atoms with Crippen molar-refractivity contribution in [2.75, 3.05) is 0 Å². The van der Waals surface area contributed by atoms with Crippen LogP contribution in [-0.4, -0.2) is 4.98 Å². The summed E-state index contributed by atoms with van der Waals surface area (Å²) in [5.74, 6) is 0. The summed E-state index contributed by atoms with van der Waals surface area (Å²) in [5, 5.41) is 0.718. The molecule has 0 unspecified atom stereocenters. The fraction of sp³-hybridized carbons (Fsp3) is 0. The van der Waals surface area contributed by atoms with Gasteiger partial charge < -0.3 is 4.98 Å². The highest BCUT2D eigenvalue weighted by atomic mass is 79.9. The van der Waals surface area contributed by atoms with E-state index in [1.54, 1.807) is 6.20 Å². The second-order valence-corrected chi connectivity index (χ2v) is 5.00. The number of hydrogen-bond acceptors (Lipinski definition) is 1. The first-order valence-corrected chi connectivity index (χ1v) is 6.41. The second-order valence-electron chi connectivity index (χ2n) is 4.09. The lowest BCUT2D eigenvalue weighted by Gasteiger charge is -2.04. The molecule has 2 nitrogen and oxygen atoms in total. The zero-order valence-electron chi connectivity index (χ0n) is 9.48. The summed E-state index contributed by atoms with van der Waals surface area (Å²) < 4.78 is 0.965. The van der Waals surface area contributed by atoms with Crippen LogP contribution in [0.25, 0.3) is 22.0 Å². The van der Waals surface area contributed by atoms with Gasteiger partial charge in [-0.05, 0) is 29.8 Å². The van der Waals surface area contributed by atoms with Crippen molar-refractivity contribution in [1.29, 1.82) is 0 Å². The highest BCUT2D eigenvalue weighted by Crippen LogP contribution is 2.21. The van der Waals surface area contributed by atoms with Crippen molar-refractivity contribution in [3.05, 3.63) is 69.4 Å². The Kier molecular flexibility index (Phi) is 2.76. The Morgan fingerprint density at radius 2 is 1.83 bits per heavy atom. The lowest BCUT2D eigenvalue weighted by molar-refractivity contribution is 1.38. The molecule has 0 atom stereocenters. The van der Waals surface area contributed by atoms with Gasteiger partial charge in [-0.1, -0.05) is 40.2 Å². The minimum absolute atomic E-state index is 0.0578. The van der Waals surface area contributed by atoms with Gasteiger partial charge in [-0.2, -0.15) is 0 Å². The maximum absolute atomic E-state index is 12.4. The maximum Gasteiger partial charge on any atom is 0.197 e. The fourth-order valence-electron chi connectivity index (χ4n) is 2.04. The molecule has 0 aliphatic heterocycles. The quantitative estimate of drug-likeness (QED) is 0.725. The van der Waals surface area contributed by atoms with Crippen LogP contribution in [0.15, 0.2) is 64.0 Å².